The molecule has 0 atom stereocenters. The number of fused-ring (bicyclic) bond motifs is 1. The Morgan fingerprint density at radius 2 is 1.92 bits per heavy atom. The molecule has 0 aliphatic heterocycles. The number of imidazole rings is 1. The topological polar surface area (TPSA) is 77.6 Å². The van der Waals surface area contributed by atoms with Crippen LogP contribution in [-0.2, 0) is 6.54 Å². The lowest BCUT2D eigenvalue weighted by molar-refractivity contribution is 0.0947. The summed E-state index contributed by atoms with van der Waals surface area (Å²) >= 11 is 5.87. The molecule has 0 saturated carbocycles. The first kappa shape index (κ1) is 16.3. The van der Waals surface area contributed by atoms with Crippen molar-refractivity contribution in [2.24, 2.45) is 0 Å². The molecule has 26 heavy (non-hydrogen) atoms. The van der Waals surface area contributed by atoms with Crippen molar-refractivity contribution in [1.29, 1.82) is 0 Å². The summed E-state index contributed by atoms with van der Waals surface area (Å²) in [6.45, 7) is 1.09. The first-order valence-corrected chi connectivity index (χ1v) is 8.45. The number of hydrogen-bond donors (Lipinski definition) is 1. The second kappa shape index (κ2) is 6.97. The van der Waals surface area contributed by atoms with Gasteiger partial charge in [0.1, 0.15) is 0 Å². The van der Waals surface area contributed by atoms with Crippen LogP contribution in [0.1, 0.15) is 10.5 Å². The number of para-hydroxylation sites is 2. The van der Waals surface area contributed by atoms with Crippen LogP contribution in [-0.4, -0.2) is 37.0 Å². The lowest BCUT2D eigenvalue weighted by atomic mass is 10.3. The molecular formula is C18H15ClN6O. The van der Waals surface area contributed by atoms with E-state index in [1.165, 1.54) is 11.0 Å². The summed E-state index contributed by atoms with van der Waals surface area (Å²) in [4.78, 5) is 18.0. The van der Waals surface area contributed by atoms with E-state index in [0.717, 1.165) is 16.7 Å². The van der Waals surface area contributed by atoms with Gasteiger partial charge in [-0.25, -0.2) is 4.98 Å². The Morgan fingerprint density at radius 1 is 1.12 bits per heavy atom. The molecule has 0 fully saturated rings. The van der Waals surface area contributed by atoms with E-state index in [2.05, 4.69) is 20.5 Å². The Morgan fingerprint density at radius 3 is 2.77 bits per heavy atom. The quantitative estimate of drug-likeness (QED) is 0.589. The van der Waals surface area contributed by atoms with Crippen LogP contribution in [0.15, 0.2) is 61.1 Å². The molecule has 130 valence electrons. The van der Waals surface area contributed by atoms with E-state index in [1.807, 2.05) is 28.8 Å². The monoisotopic (exact) mass is 366 g/mol. The first-order chi connectivity index (χ1) is 12.7. The molecule has 1 N–H and O–H groups in total. The normalized spacial score (nSPS) is 11.0. The van der Waals surface area contributed by atoms with Gasteiger partial charge in [0.15, 0.2) is 5.69 Å². The van der Waals surface area contributed by atoms with Crippen molar-refractivity contribution in [3.8, 4) is 5.69 Å². The summed E-state index contributed by atoms with van der Waals surface area (Å²) in [7, 11) is 0. The van der Waals surface area contributed by atoms with Crippen LogP contribution in [0.5, 0.6) is 0 Å². The van der Waals surface area contributed by atoms with Gasteiger partial charge in [-0.15, -0.1) is 5.10 Å². The number of rotatable bonds is 5. The summed E-state index contributed by atoms with van der Waals surface area (Å²) in [5, 5.41) is 11.8. The number of benzene rings is 2. The van der Waals surface area contributed by atoms with Gasteiger partial charge in [0, 0.05) is 18.1 Å². The fourth-order valence-corrected chi connectivity index (χ4v) is 2.76. The number of aromatic nitrogens is 5. The lowest BCUT2D eigenvalue weighted by Gasteiger charge is -2.05. The average molecular weight is 367 g/mol. The molecule has 0 saturated heterocycles. The third-order valence-electron chi connectivity index (χ3n) is 3.95. The Labute approximate surface area is 154 Å². The molecule has 2 aromatic heterocycles. The predicted molar refractivity (Wildman–Crippen MR) is 98.4 cm³/mol. The van der Waals surface area contributed by atoms with Crippen molar-refractivity contribution in [1.82, 2.24) is 29.9 Å². The summed E-state index contributed by atoms with van der Waals surface area (Å²) in [6, 6.07) is 14.9. The summed E-state index contributed by atoms with van der Waals surface area (Å²) < 4.78 is 2.00. The van der Waals surface area contributed by atoms with E-state index in [4.69, 9.17) is 11.6 Å². The molecule has 2 aromatic carbocycles. The number of carbonyl (C=O) groups is 1. The summed E-state index contributed by atoms with van der Waals surface area (Å²) in [6.07, 6.45) is 3.21. The zero-order valence-electron chi connectivity index (χ0n) is 13.7. The molecule has 1 amide bonds. The Balaban J connectivity index is 1.39. The van der Waals surface area contributed by atoms with Crippen molar-refractivity contribution in [3.05, 3.63) is 71.8 Å². The van der Waals surface area contributed by atoms with Gasteiger partial charge in [-0.3, -0.25) is 4.79 Å². The zero-order chi connectivity index (χ0) is 17.9. The van der Waals surface area contributed by atoms with Crippen LogP contribution in [0.25, 0.3) is 16.7 Å². The number of amides is 1. The number of nitrogens with zero attached hydrogens (tertiary/aromatic N) is 5. The molecule has 0 radical (unpaired) electrons. The molecule has 0 bridgehead atoms. The van der Waals surface area contributed by atoms with Crippen LogP contribution in [0.4, 0.5) is 0 Å². The van der Waals surface area contributed by atoms with Gasteiger partial charge >= 0.3 is 0 Å². The minimum atomic E-state index is -0.269. The second-order valence-corrected chi connectivity index (χ2v) is 6.11. The van der Waals surface area contributed by atoms with Crippen molar-refractivity contribution in [2.75, 3.05) is 6.54 Å². The highest BCUT2D eigenvalue weighted by Crippen LogP contribution is 2.12. The Hall–Kier alpha value is -3.19. The first-order valence-electron chi connectivity index (χ1n) is 8.07. The van der Waals surface area contributed by atoms with Crippen LogP contribution < -0.4 is 5.32 Å². The fourth-order valence-electron chi connectivity index (χ4n) is 2.63. The molecule has 4 aromatic rings. The highest BCUT2D eigenvalue weighted by Gasteiger charge is 2.11. The summed E-state index contributed by atoms with van der Waals surface area (Å²) in [5.74, 6) is -0.269. The molecule has 0 aliphatic carbocycles. The van der Waals surface area contributed by atoms with Gasteiger partial charge < -0.3 is 9.88 Å². The number of hydrogen-bond acceptors (Lipinski definition) is 4. The summed E-state index contributed by atoms with van der Waals surface area (Å²) in [5.41, 5.74) is 2.97. The standard InChI is InChI=1S/C18H15ClN6O/c19-13-5-7-14(8-6-13)25-22-11-16(23-25)18(26)20-9-10-24-12-21-15-3-1-2-4-17(15)24/h1-8,11-12H,9-10H2,(H,20,26). The molecule has 4 rings (SSSR count). The molecule has 0 unspecified atom stereocenters. The van der Waals surface area contributed by atoms with Gasteiger partial charge in [0.05, 0.1) is 29.2 Å². The van der Waals surface area contributed by atoms with Crippen molar-refractivity contribution < 1.29 is 4.79 Å². The third kappa shape index (κ3) is 3.29. The van der Waals surface area contributed by atoms with E-state index >= 15 is 0 Å². The van der Waals surface area contributed by atoms with Gasteiger partial charge in [0.2, 0.25) is 0 Å². The predicted octanol–water partition coefficient (Wildman–Crippen LogP) is 2.70. The number of carbonyl (C=O) groups excluding carboxylic acids is 1. The third-order valence-corrected chi connectivity index (χ3v) is 4.20. The van der Waals surface area contributed by atoms with E-state index < -0.39 is 0 Å². The fraction of sp³-hybridized carbons (Fsp3) is 0.111. The highest BCUT2D eigenvalue weighted by molar-refractivity contribution is 6.30. The maximum absolute atomic E-state index is 12.3. The minimum Gasteiger partial charge on any atom is -0.349 e. The van der Waals surface area contributed by atoms with Crippen molar-refractivity contribution >= 4 is 28.5 Å². The van der Waals surface area contributed by atoms with Crippen LogP contribution >= 0.6 is 11.6 Å². The van der Waals surface area contributed by atoms with E-state index in [0.29, 0.717) is 18.1 Å². The number of nitrogens with one attached hydrogen (secondary N) is 1. The molecule has 2 heterocycles. The van der Waals surface area contributed by atoms with Crippen molar-refractivity contribution in [2.45, 2.75) is 6.54 Å². The second-order valence-electron chi connectivity index (χ2n) is 5.68. The lowest BCUT2D eigenvalue weighted by Crippen LogP contribution is -2.27. The van der Waals surface area contributed by atoms with E-state index in [-0.39, 0.29) is 11.6 Å². The Bertz CT molecular complexity index is 1050. The highest BCUT2D eigenvalue weighted by atomic mass is 35.5. The molecular weight excluding hydrogens is 352 g/mol. The van der Waals surface area contributed by atoms with Crippen LogP contribution in [0, 0.1) is 0 Å². The van der Waals surface area contributed by atoms with Crippen molar-refractivity contribution in [3.63, 3.8) is 0 Å². The SMILES string of the molecule is O=C(NCCn1cnc2ccccc21)c1cnn(-c2ccc(Cl)cc2)n1. The molecule has 0 spiro atoms. The van der Waals surface area contributed by atoms with E-state index in [9.17, 15) is 4.79 Å². The molecule has 8 heteroatoms. The van der Waals surface area contributed by atoms with E-state index in [1.54, 1.807) is 30.6 Å². The molecule has 7 nitrogen and oxygen atoms in total. The minimum absolute atomic E-state index is 0.260. The van der Waals surface area contributed by atoms with Crippen LogP contribution in [0.3, 0.4) is 0 Å². The van der Waals surface area contributed by atoms with Gasteiger partial charge in [-0.2, -0.15) is 9.90 Å². The van der Waals surface area contributed by atoms with Gasteiger partial charge in [-0.05, 0) is 36.4 Å². The van der Waals surface area contributed by atoms with Crippen LogP contribution in [0.2, 0.25) is 5.02 Å². The zero-order valence-corrected chi connectivity index (χ0v) is 14.5. The maximum atomic E-state index is 12.3. The van der Waals surface area contributed by atoms with Gasteiger partial charge in [0.25, 0.3) is 5.91 Å². The average Bonchev–Trinajstić information content (AvgIpc) is 3.30. The molecule has 0 aliphatic rings. The van der Waals surface area contributed by atoms with Gasteiger partial charge in [-0.1, -0.05) is 23.7 Å². The largest absolute Gasteiger partial charge is 0.349 e. The smallest absolute Gasteiger partial charge is 0.273 e. The number of halogens is 1. The maximum Gasteiger partial charge on any atom is 0.273 e. The Kier molecular flexibility index (Phi) is 4.37.